The fourth-order valence-corrected chi connectivity index (χ4v) is 2.48. The van der Waals surface area contributed by atoms with Gasteiger partial charge in [0, 0.05) is 0 Å². The molecule has 1 aliphatic heterocycles. The summed E-state index contributed by atoms with van der Waals surface area (Å²) in [4.78, 5) is 0. The van der Waals surface area contributed by atoms with Crippen LogP contribution in [0.3, 0.4) is 0 Å². The van der Waals surface area contributed by atoms with Crippen LogP contribution < -0.4 is 0 Å². The third-order valence-electron chi connectivity index (χ3n) is 3.42. The molecule has 2 rings (SSSR count). The van der Waals surface area contributed by atoms with Gasteiger partial charge in [-0.25, -0.2) is 0 Å². The maximum absolute atomic E-state index is 12.9. The summed E-state index contributed by atoms with van der Waals surface area (Å²) >= 11 is 0. The number of rotatable bonds is 3. The molecule has 0 aromatic heterocycles. The minimum absolute atomic E-state index is 0.296. The minimum Gasteiger partial charge on any atom is -0.387 e. The van der Waals surface area contributed by atoms with E-state index >= 15 is 0 Å². The van der Waals surface area contributed by atoms with E-state index in [1.807, 2.05) is 30.3 Å². The van der Waals surface area contributed by atoms with Crippen LogP contribution in [0.1, 0.15) is 25.8 Å². The number of halogens is 3. The second-order valence-electron chi connectivity index (χ2n) is 5.65. The number of hydrogen-bond donors (Lipinski definition) is 1. The Morgan fingerprint density at radius 3 is 2.33 bits per heavy atom. The van der Waals surface area contributed by atoms with E-state index in [1.165, 1.54) is 13.8 Å². The van der Waals surface area contributed by atoms with Crippen LogP contribution in [0, 0.1) is 0 Å². The normalized spacial score (nSPS) is 29.3. The molecule has 0 saturated carbocycles. The molecule has 3 atom stereocenters. The number of alkyl halides is 3. The molecule has 0 bridgehead atoms. The molecular formula is C15H19F3O3. The second-order valence-corrected chi connectivity index (χ2v) is 5.65. The van der Waals surface area contributed by atoms with Crippen LogP contribution in [0.2, 0.25) is 0 Å². The van der Waals surface area contributed by atoms with Crippen LogP contribution in [0.25, 0.3) is 0 Å². The molecule has 0 spiro atoms. The van der Waals surface area contributed by atoms with Gasteiger partial charge in [-0.1, -0.05) is 30.3 Å². The lowest BCUT2D eigenvalue weighted by molar-refractivity contribution is -0.383. The molecule has 0 radical (unpaired) electrons. The average molecular weight is 304 g/mol. The number of ether oxygens (including phenoxy) is 2. The Morgan fingerprint density at radius 1 is 1.14 bits per heavy atom. The topological polar surface area (TPSA) is 38.7 Å². The molecule has 1 fully saturated rings. The van der Waals surface area contributed by atoms with Gasteiger partial charge in [0.05, 0.1) is 6.10 Å². The van der Waals surface area contributed by atoms with Crippen molar-refractivity contribution in [1.82, 2.24) is 0 Å². The summed E-state index contributed by atoms with van der Waals surface area (Å²) in [6.07, 6.45) is -8.65. The van der Waals surface area contributed by atoms with Crippen molar-refractivity contribution in [2.24, 2.45) is 0 Å². The van der Waals surface area contributed by atoms with E-state index in [1.54, 1.807) is 0 Å². The second kappa shape index (κ2) is 5.94. The van der Waals surface area contributed by atoms with Crippen LogP contribution in [-0.4, -0.2) is 35.4 Å². The highest BCUT2D eigenvalue weighted by atomic mass is 19.4. The van der Waals surface area contributed by atoms with Crippen molar-refractivity contribution < 1.29 is 27.8 Å². The third-order valence-corrected chi connectivity index (χ3v) is 3.42. The van der Waals surface area contributed by atoms with Crippen molar-refractivity contribution in [2.75, 3.05) is 0 Å². The van der Waals surface area contributed by atoms with Gasteiger partial charge in [-0.2, -0.15) is 13.2 Å². The van der Waals surface area contributed by atoms with Crippen molar-refractivity contribution in [2.45, 2.75) is 57.0 Å². The van der Waals surface area contributed by atoms with Crippen molar-refractivity contribution in [3.8, 4) is 0 Å². The third kappa shape index (κ3) is 4.18. The number of hydrogen-bond acceptors (Lipinski definition) is 3. The molecule has 1 saturated heterocycles. The SMILES string of the molecule is CC1(C)O[C@@H](CCc2ccccc2)[C@H](O)[C@H](C(F)(F)F)O1. The first-order chi connectivity index (χ1) is 9.69. The number of aryl methyl sites for hydroxylation is 1. The molecular weight excluding hydrogens is 285 g/mol. The predicted octanol–water partition coefficient (Wildman–Crippen LogP) is 3.06. The van der Waals surface area contributed by atoms with Gasteiger partial charge in [0.1, 0.15) is 6.10 Å². The molecule has 1 aromatic carbocycles. The average Bonchev–Trinajstić information content (AvgIpc) is 2.39. The fourth-order valence-electron chi connectivity index (χ4n) is 2.48. The molecule has 1 N–H and O–H groups in total. The molecule has 118 valence electrons. The van der Waals surface area contributed by atoms with Crippen molar-refractivity contribution in [1.29, 1.82) is 0 Å². The van der Waals surface area contributed by atoms with E-state index in [2.05, 4.69) is 0 Å². The molecule has 1 aromatic rings. The van der Waals surface area contributed by atoms with Gasteiger partial charge in [-0.05, 0) is 32.3 Å². The molecule has 1 aliphatic rings. The lowest BCUT2D eigenvalue weighted by Crippen LogP contribution is -2.59. The van der Waals surface area contributed by atoms with Gasteiger partial charge in [0.2, 0.25) is 0 Å². The zero-order valence-corrected chi connectivity index (χ0v) is 11.9. The van der Waals surface area contributed by atoms with E-state index in [0.717, 1.165) is 5.56 Å². The van der Waals surface area contributed by atoms with Crippen LogP contribution in [0.15, 0.2) is 30.3 Å². The Bertz CT molecular complexity index is 459. The smallest absolute Gasteiger partial charge is 0.387 e. The predicted molar refractivity (Wildman–Crippen MR) is 70.6 cm³/mol. The summed E-state index contributed by atoms with van der Waals surface area (Å²) in [6, 6.07) is 9.36. The molecule has 3 nitrogen and oxygen atoms in total. The van der Waals surface area contributed by atoms with E-state index in [0.29, 0.717) is 12.8 Å². The van der Waals surface area contributed by atoms with Crippen LogP contribution >= 0.6 is 0 Å². The highest BCUT2D eigenvalue weighted by molar-refractivity contribution is 5.14. The summed E-state index contributed by atoms with van der Waals surface area (Å²) in [5.41, 5.74) is 0.987. The summed E-state index contributed by atoms with van der Waals surface area (Å²) in [7, 11) is 0. The summed E-state index contributed by atoms with van der Waals surface area (Å²) in [6.45, 7) is 2.85. The molecule has 0 unspecified atom stereocenters. The van der Waals surface area contributed by atoms with Gasteiger partial charge < -0.3 is 14.6 Å². The Morgan fingerprint density at radius 2 is 1.76 bits per heavy atom. The van der Waals surface area contributed by atoms with Gasteiger partial charge >= 0.3 is 6.18 Å². The molecule has 6 heteroatoms. The Balaban J connectivity index is 2.07. The lowest BCUT2D eigenvalue weighted by atomic mass is 9.98. The van der Waals surface area contributed by atoms with Crippen LogP contribution in [0.5, 0.6) is 0 Å². The number of aliphatic hydroxyl groups excluding tert-OH is 1. The number of aliphatic hydroxyl groups is 1. The lowest BCUT2D eigenvalue weighted by Gasteiger charge is -2.44. The molecule has 1 heterocycles. The fraction of sp³-hybridized carbons (Fsp3) is 0.600. The zero-order valence-electron chi connectivity index (χ0n) is 11.9. The largest absolute Gasteiger partial charge is 0.417 e. The minimum atomic E-state index is -4.62. The summed E-state index contributed by atoms with van der Waals surface area (Å²) < 4.78 is 49.1. The maximum Gasteiger partial charge on any atom is 0.417 e. The quantitative estimate of drug-likeness (QED) is 0.933. The first-order valence-corrected chi connectivity index (χ1v) is 6.83. The van der Waals surface area contributed by atoms with E-state index in [4.69, 9.17) is 9.47 Å². The van der Waals surface area contributed by atoms with Gasteiger partial charge in [-0.15, -0.1) is 0 Å². The highest BCUT2D eigenvalue weighted by Gasteiger charge is 2.54. The van der Waals surface area contributed by atoms with Crippen molar-refractivity contribution in [3.63, 3.8) is 0 Å². The molecule has 0 amide bonds. The Kier molecular flexibility index (Phi) is 4.60. The van der Waals surface area contributed by atoms with Crippen LogP contribution in [-0.2, 0) is 15.9 Å². The Labute approximate surface area is 121 Å². The maximum atomic E-state index is 12.9. The van der Waals surface area contributed by atoms with Gasteiger partial charge in [-0.3, -0.25) is 0 Å². The summed E-state index contributed by atoms with van der Waals surface area (Å²) in [5.74, 6) is -1.37. The standard InChI is InChI=1S/C15H19F3O3/c1-14(2)20-11(9-8-10-6-4-3-5-7-10)12(19)13(21-14)15(16,17)18/h3-7,11-13,19H,8-9H2,1-2H3/t11-,12-,13+/m0/s1. The zero-order chi connectivity index (χ0) is 15.7. The Hall–Kier alpha value is -1.11. The van der Waals surface area contributed by atoms with Crippen LogP contribution in [0.4, 0.5) is 13.2 Å². The molecule has 0 aliphatic carbocycles. The van der Waals surface area contributed by atoms with E-state index < -0.39 is 30.3 Å². The first-order valence-electron chi connectivity index (χ1n) is 6.83. The summed E-state index contributed by atoms with van der Waals surface area (Å²) in [5, 5.41) is 9.90. The van der Waals surface area contributed by atoms with Gasteiger partial charge in [0.25, 0.3) is 0 Å². The first kappa shape index (κ1) is 16.3. The molecule has 21 heavy (non-hydrogen) atoms. The number of benzene rings is 1. The monoisotopic (exact) mass is 304 g/mol. The van der Waals surface area contributed by atoms with Crippen molar-refractivity contribution in [3.05, 3.63) is 35.9 Å². The van der Waals surface area contributed by atoms with E-state index in [-0.39, 0.29) is 0 Å². The van der Waals surface area contributed by atoms with E-state index in [9.17, 15) is 18.3 Å². The highest BCUT2D eigenvalue weighted by Crippen LogP contribution is 2.37. The van der Waals surface area contributed by atoms with Gasteiger partial charge in [0.15, 0.2) is 11.9 Å². The van der Waals surface area contributed by atoms with Crippen molar-refractivity contribution >= 4 is 0 Å².